The van der Waals surface area contributed by atoms with Crippen LogP contribution >= 0.6 is 0 Å². The van der Waals surface area contributed by atoms with Gasteiger partial charge in [0, 0.05) is 6.04 Å². The lowest BCUT2D eigenvalue weighted by atomic mass is 9.90. The van der Waals surface area contributed by atoms with E-state index in [4.69, 9.17) is 15.3 Å². The first-order valence-electron chi connectivity index (χ1n) is 9.88. The number of hydrogen-bond acceptors (Lipinski definition) is 7. The molecule has 0 spiro atoms. The first kappa shape index (κ1) is 19.7. The number of methoxy groups -OCH3 is 1. The summed E-state index contributed by atoms with van der Waals surface area (Å²) >= 11 is 0. The topological polar surface area (TPSA) is 122 Å². The van der Waals surface area contributed by atoms with E-state index in [-0.39, 0.29) is 35.9 Å². The molecule has 0 radical (unpaired) electrons. The highest BCUT2D eigenvalue weighted by Gasteiger charge is 2.60. The second-order valence-corrected chi connectivity index (χ2v) is 7.81. The van der Waals surface area contributed by atoms with Crippen molar-refractivity contribution in [2.75, 3.05) is 13.7 Å². The Morgan fingerprint density at radius 1 is 1.24 bits per heavy atom. The summed E-state index contributed by atoms with van der Waals surface area (Å²) in [5.74, 6) is -1.91. The maximum Gasteiger partial charge on any atom is 0.261 e. The smallest absolute Gasteiger partial charge is 0.261 e. The number of phenols is 1. The third kappa shape index (κ3) is 3.34. The number of phenolic OH excluding ortho intramolecular Hbond substituents is 1. The van der Waals surface area contributed by atoms with Crippen molar-refractivity contribution < 1.29 is 29.1 Å². The van der Waals surface area contributed by atoms with Crippen LogP contribution in [-0.4, -0.2) is 58.6 Å². The number of hydroxylamine groups is 2. The van der Waals surface area contributed by atoms with Crippen LogP contribution in [-0.2, 0) is 19.2 Å². The monoisotopic (exact) mass is 403 g/mol. The highest BCUT2D eigenvalue weighted by Crippen LogP contribution is 2.47. The molecule has 0 bridgehead atoms. The number of hydrogen-bond donors (Lipinski definition) is 2. The molecule has 1 aliphatic carbocycles. The lowest BCUT2D eigenvalue weighted by Crippen LogP contribution is -2.45. The van der Waals surface area contributed by atoms with Crippen molar-refractivity contribution in [2.45, 2.75) is 50.3 Å². The molecule has 3 atom stereocenters. The Morgan fingerprint density at radius 2 is 1.97 bits per heavy atom. The molecule has 3 fully saturated rings. The Balaban J connectivity index is 1.69. The molecule has 1 aromatic carbocycles. The van der Waals surface area contributed by atoms with Crippen LogP contribution in [0.1, 0.15) is 43.7 Å². The Kier molecular flexibility index (Phi) is 5.18. The predicted octanol–water partition coefficient (Wildman–Crippen LogP) is 0.861. The van der Waals surface area contributed by atoms with E-state index in [1.54, 1.807) is 12.1 Å². The van der Waals surface area contributed by atoms with Gasteiger partial charge in [-0.3, -0.25) is 24.1 Å². The molecule has 29 heavy (non-hydrogen) atoms. The Labute approximate surface area is 168 Å². The van der Waals surface area contributed by atoms with E-state index in [9.17, 15) is 19.5 Å². The van der Waals surface area contributed by atoms with E-state index in [2.05, 4.69) is 0 Å². The molecule has 2 aliphatic heterocycles. The standard InChI is InChI=1S/C20H25N3O6/c1-28-14-8-7-11(9-13(14)24)17-16-18(29-22(17)10-15(21)25)20(27)23(19(16)26)12-5-3-2-4-6-12/h7-9,12,16-18,24H,2-6,10H2,1H3,(H2,21,25). The van der Waals surface area contributed by atoms with E-state index in [1.807, 2.05) is 0 Å². The van der Waals surface area contributed by atoms with Crippen molar-refractivity contribution >= 4 is 17.7 Å². The molecule has 3 N–H and O–H groups in total. The van der Waals surface area contributed by atoms with Crippen LogP contribution < -0.4 is 10.5 Å². The predicted molar refractivity (Wildman–Crippen MR) is 100 cm³/mol. The Bertz CT molecular complexity index is 838. The minimum absolute atomic E-state index is 0.103. The molecular formula is C20H25N3O6. The van der Waals surface area contributed by atoms with Gasteiger partial charge in [0.15, 0.2) is 17.6 Å². The van der Waals surface area contributed by atoms with Gasteiger partial charge in [-0.15, -0.1) is 0 Å². The fraction of sp³-hybridized carbons (Fsp3) is 0.550. The van der Waals surface area contributed by atoms with E-state index >= 15 is 0 Å². The highest BCUT2D eigenvalue weighted by atomic mass is 16.7. The SMILES string of the molecule is COc1ccc(C2C3C(=O)N(C4CCCCC4)C(=O)C3ON2CC(N)=O)cc1O. The number of fused-ring (bicyclic) bond motifs is 1. The highest BCUT2D eigenvalue weighted by molar-refractivity contribution is 6.07. The molecule has 3 amide bonds. The average Bonchev–Trinajstić information content (AvgIpc) is 3.17. The summed E-state index contributed by atoms with van der Waals surface area (Å²) in [5.41, 5.74) is 5.89. The third-order valence-corrected chi connectivity index (χ3v) is 6.02. The summed E-state index contributed by atoms with van der Waals surface area (Å²) in [6, 6.07) is 3.90. The van der Waals surface area contributed by atoms with Gasteiger partial charge in [0.1, 0.15) is 6.54 Å². The van der Waals surface area contributed by atoms with Crippen molar-refractivity contribution in [1.29, 1.82) is 0 Å². The van der Waals surface area contributed by atoms with Gasteiger partial charge in [0.05, 0.1) is 19.1 Å². The number of rotatable bonds is 5. The van der Waals surface area contributed by atoms with Gasteiger partial charge in [-0.05, 0) is 30.5 Å². The summed E-state index contributed by atoms with van der Waals surface area (Å²) in [7, 11) is 1.43. The average molecular weight is 403 g/mol. The fourth-order valence-electron chi connectivity index (χ4n) is 4.74. The van der Waals surface area contributed by atoms with Crippen molar-refractivity contribution in [1.82, 2.24) is 9.96 Å². The summed E-state index contributed by atoms with van der Waals surface area (Å²) in [6.45, 7) is -0.269. The van der Waals surface area contributed by atoms with Crippen molar-refractivity contribution in [3.8, 4) is 11.5 Å². The largest absolute Gasteiger partial charge is 0.504 e. The van der Waals surface area contributed by atoms with Crippen LogP contribution in [0.4, 0.5) is 0 Å². The van der Waals surface area contributed by atoms with Gasteiger partial charge in [-0.1, -0.05) is 25.3 Å². The number of benzene rings is 1. The molecule has 1 saturated carbocycles. The Hall–Kier alpha value is -2.65. The van der Waals surface area contributed by atoms with E-state index in [0.717, 1.165) is 32.1 Å². The summed E-state index contributed by atoms with van der Waals surface area (Å²) < 4.78 is 5.08. The summed E-state index contributed by atoms with van der Waals surface area (Å²) in [6.07, 6.45) is 3.70. The molecular weight excluding hydrogens is 378 g/mol. The van der Waals surface area contributed by atoms with Gasteiger partial charge in [0.25, 0.3) is 5.91 Å². The number of amides is 3. The van der Waals surface area contributed by atoms with Crippen LogP contribution in [0, 0.1) is 5.92 Å². The molecule has 2 saturated heterocycles. The van der Waals surface area contributed by atoms with Crippen LogP contribution in [0.5, 0.6) is 11.5 Å². The summed E-state index contributed by atoms with van der Waals surface area (Å²) in [4.78, 5) is 45.0. The zero-order valence-corrected chi connectivity index (χ0v) is 16.2. The van der Waals surface area contributed by atoms with Crippen molar-refractivity contribution in [2.24, 2.45) is 11.7 Å². The van der Waals surface area contributed by atoms with Gasteiger partial charge < -0.3 is 15.6 Å². The van der Waals surface area contributed by atoms with E-state index in [0.29, 0.717) is 5.56 Å². The van der Waals surface area contributed by atoms with Crippen LogP contribution in [0.25, 0.3) is 0 Å². The number of nitrogens with two attached hydrogens (primary N) is 1. The zero-order chi connectivity index (χ0) is 20.7. The normalized spacial score (nSPS) is 28.0. The molecule has 3 aliphatic rings. The quantitative estimate of drug-likeness (QED) is 0.699. The van der Waals surface area contributed by atoms with Crippen molar-refractivity contribution in [3.05, 3.63) is 23.8 Å². The first-order chi connectivity index (χ1) is 13.9. The zero-order valence-electron chi connectivity index (χ0n) is 16.2. The number of carbonyl (C=O) groups is 3. The van der Waals surface area contributed by atoms with Crippen LogP contribution in [0.2, 0.25) is 0 Å². The van der Waals surface area contributed by atoms with Gasteiger partial charge >= 0.3 is 0 Å². The van der Waals surface area contributed by atoms with Gasteiger partial charge in [-0.25, -0.2) is 0 Å². The Morgan fingerprint density at radius 3 is 2.59 bits per heavy atom. The lowest BCUT2D eigenvalue weighted by molar-refractivity contribution is -0.183. The second kappa shape index (κ2) is 7.64. The number of primary amides is 1. The minimum Gasteiger partial charge on any atom is -0.504 e. The molecule has 1 aromatic rings. The molecule has 4 rings (SSSR count). The maximum atomic E-state index is 13.3. The molecule has 9 nitrogen and oxygen atoms in total. The number of likely N-dealkylation sites (tertiary alicyclic amines) is 1. The molecule has 9 heteroatoms. The minimum atomic E-state index is -0.988. The number of carbonyl (C=O) groups excluding carboxylic acids is 3. The van der Waals surface area contributed by atoms with E-state index < -0.39 is 24.0 Å². The number of aromatic hydroxyl groups is 1. The third-order valence-electron chi connectivity index (χ3n) is 6.02. The second-order valence-electron chi connectivity index (χ2n) is 7.81. The molecule has 0 aromatic heterocycles. The number of imide groups is 1. The van der Waals surface area contributed by atoms with Gasteiger partial charge in [-0.2, -0.15) is 5.06 Å². The number of nitrogens with zero attached hydrogens (tertiary/aromatic N) is 2. The van der Waals surface area contributed by atoms with Crippen molar-refractivity contribution in [3.63, 3.8) is 0 Å². The fourth-order valence-corrected chi connectivity index (χ4v) is 4.74. The van der Waals surface area contributed by atoms with Crippen LogP contribution in [0.3, 0.4) is 0 Å². The molecule has 3 unspecified atom stereocenters. The maximum absolute atomic E-state index is 13.3. The number of ether oxygens (including phenoxy) is 1. The first-order valence-corrected chi connectivity index (χ1v) is 9.88. The van der Waals surface area contributed by atoms with Crippen LogP contribution in [0.15, 0.2) is 18.2 Å². The summed E-state index contributed by atoms with van der Waals surface area (Å²) in [5, 5.41) is 11.5. The molecule has 156 valence electrons. The lowest BCUT2D eigenvalue weighted by Gasteiger charge is -2.32. The van der Waals surface area contributed by atoms with E-state index in [1.165, 1.54) is 23.1 Å². The molecule has 2 heterocycles. The van der Waals surface area contributed by atoms with Gasteiger partial charge in [0.2, 0.25) is 11.8 Å².